The van der Waals surface area contributed by atoms with Gasteiger partial charge in [-0.1, -0.05) is 20.8 Å². The van der Waals surface area contributed by atoms with Crippen molar-refractivity contribution >= 4 is 0 Å². The molecule has 2 N–H and O–H groups in total. The number of aryl methyl sites for hydroxylation is 1. The molecular formula is C13H23N3. The standard InChI is InChI=1S/C13H23N3/c1-5-11(8-14)13-15-10(4)7-12(16-13)6-9(2)3/h7,9,11H,5-6,8,14H2,1-4H3. The number of aromatic nitrogens is 2. The van der Waals surface area contributed by atoms with Crippen molar-refractivity contribution in [2.75, 3.05) is 6.54 Å². The number of nitrogens with two attached hydrogens (primary N) is 1. The first-order valence-corrected chi connectivity index (χ1v) is 6.11. The van der Waals surface area contributed by atoms with Crippen molar-refractivity contribution in [1.82, 2.24) is 9.97 Å². The summed E-state index contributed by atoms with van der Waals surface area (Å²) in [5.41, 5.74) is 7.93. The van der Waals surface area contributed by atoms with E-state index < -0.39 is 0 Å². The van der Waals surface area contributed by atoms with E-state index in [2.05, 4.69) is 36.8 Å². The van der Waals surface area contributed by atoms with Crippen LogP contribution in [0.3, 0.4) is 0 Å². The van der Waals surface area contributed by atoms with Gasteiger partial charge in [-0.15, -0.1) is 0 Å². The zero-order valence-corrected chi connectivity index (χ0v) is 10.8. The highest BCUT2D eigenvalue weighted by molar-refractivity contribution is 5.13. The SMILES string of the molecule is CCC(CN)c1nc(C)cc(CC(C)C)n1. The minimum Gasteiger partial charge on any atom is -0.330 e. The molecule has 0 saturated carbocycles. The van der Waals surface area contributed by atoms with E-state index in [9.17, 15) is 0 Å². The number of hydrogen-bond donors (Lipinski definition) is 1. The molecule has 0 spiro atoms. The molecule has 0 aliphatic rings. The zero-order chi connectivity index (χ0) is 12.1. The van der Waals surface area contributed by atoms with Gasteiger partial charge in [-0.2, -0.15) is 0 Å². The van der Waals surface area contributed by atoms with Crippen LogP contribution in [0, 0.1) is 12.8 Å². The Morgan fingerprint density at radius 2 is 2.00 bits per heavy atom. The fourth-order valence-corrected chi connectivity index (χ4v) is 1.82. The van der Waals surface area contributed by atoms with Gasteiger partial charge in [-0.3, -0.25) is 0 Å². The Hall–Kier alpha value is -0.960. The van der Waals surface area contributed by atoms with Crippen LogP contribution in [-0.4, -0.2) is 16.5 Å². The van der Waals surface area contributed by atoms with Crippen molar-refractivity contribution in [3.63, 3.8) is 0 Å². The lowest BCUT2D eigenvalue weighted by Crippen LogP contribution is -2.16. The molecule has 0 aliphatic carbocycles. The van der Waals surface area contributed by atoms with Gasteiger partial charge < -0.3 is 5.73 Å². The first-order chi connectivity index (χ1) is 7.56. The first kappa shape index (κ1) is 13.1. The normalized spacial score (nSPS) is 13.1. The second kappa shape index (κ2) is 5.94. The van der Waals surface area contributed by atoms with Crippen molar-refractivity contribution in [3.05, 3.63) is 23.3 Å². The lowest BCUT2D eigenvalue weighted by Gasteiger charge is -2.13. The quantitative estimate of drug-likeness (QED) is 0.831. The fraction of sp³-hybridized carbons (Fsp3) is 0.692. The summed E-state index contributed by atoms with van der Waals surface area (Å²) >= 11 is 0. The summed E-state index contributed by atoms with van der Waals surface area (Å²) in [5.74, 6) is 1.84. The molecule has 0 aliphatic heterocycles. The van der Waals surface area contributed by atoms with Crippen LogP contribution in [0.15, 0.2) is 6.07 Å². The second-order valence-corrected chi connectivity index (χ2v) is 4.80. The molecule has 1 aromatic heterocycles. The van der Waals surface area contributed by atoms with Crippen LogP contribution in [0.4, 0.5) is 0 Å². The highest BCUT2D eigenvalue weighted by Crippen LogP contribution is 2.16. The van der Waals surface area contributed by atoms with Gasteiger partial charge in [-0.05, 0) is 31.7 Å². The van der Waals surface area contributed by atoms with Crippen molar-refractivity contribution in [1.29, 1.82) is 0 Å². The van der Waals surface area contributed by atoms with Gasteiger partial charge >= 0.3 is 0 Å². The molecule has 0 saturated heterocycles. The largest absolute Gasteiger partial charge is 0.330 e. The van der Waals surface area contributed by atoms with Crippen LogP contribution in [0.1, 0.15) is 50.3 Å². The number of rotatable bonds is 5. The average Bonchev–Trinajstić information content (AvgIpc) is 2.17. The van der Waals surface area contributed by atoms with Crippen LogP contribution < -0.4 is 5.73 Å². The molecule has 0 fully saturated rings. The average molecular weight is 221 g/mol. The lowest BCUT2D eigenvalue weighted by atomic mass is 10.0. The molecular weight excluding hydrogens is 198 g/mol. The zero-order valence-electron chi connectivity index (χ0n) is 10.8. The molecule has 3 nitrogen and oxygen atoms in total. The number of nitrogens with zero attached hydrogens (tertiary/aromatic N) is 2. The lowest BCUT2D eigenvalue weighted by molar-refractivity contribution is 0.598. The van der Waals surface area contributed by atoms with Crippen LogP contribution in [0.25, 0.3) is 0 Å². The Bertz CT molecular complexity index is 330. The molecule has 1 atom stereocenters. The maximum atomic E-state index is 5.74. The van der Waals surface area contributed by atoms with Gasteiger partial charge in [0.25, 0.3) is 0 Å². The first-order valence-electron chi connectivity index (χ1n) is 6.11. The molecule has 1 unspecified atom stereocenters. The highest BCUT2D eigenvalue weighted by Gasteiger charge is 2.12. The molecule has 1 heterocycles. The Kier molecular flexibility index (Phi) is 4.87. The maximum absolute atomic E-state index is 5.74. The van der Waals surface area contributed by atoms with Gasteiger partial charge in [0.05, 0.1) is 0 Å². The van der Waals surface area contributed by atoms with E-state index in [0.29, 0.717) is 18.4 Å². The minimum atomic E-state index is 0.297. The molecule has 0 radical (unpaired) electrons. The molecule has 16 heavy (non-hydrogen) atoms. The monoisotopic (exact) mass is 221 g/mol. The Morgan fingerprint density at radius 1 is 1.31 bits per heavy atom. The smallest absolute Gasteiger partial charge is 0.133 e. The van der Waals surface area contributed by atoms with E-state index in [-0.39, 0.29) is 0 Å². The maximum Gasteiger partial charge on any atom is 0.133 e. The summed E-state index contributed by atoms with van der Waals surface area (Å²) in [6.45, 7) is 9.19. The second-order valence-electron chi connectivity index (χ2n) is 4.80. The predicted octanol–water partition coefficient (Wildman–Crippen LogP) is 2.44. The minimum absolute atomic E-state index is 0.297. The summed E-state index contributed by atoms with van der Waals surface area (Å²) < 4.78 is 0. The van der Waals surface area contributed by atoms with Gasteiger partial charge in [0.15, 0.2) is 0 Å². The molecule has 1 aromatic rings. The van der Waals surface area contributed by atoms with E-state index in [1.807, 2.05) is 6.92 Å². The molecule has 1 rings (SSSR count). The van der Waals surface area contributed by atoms with Crippen LogP contribution in [0.5, 0.6) is 0 Å². The van der Waals surface area contributed by atoms with Gasteiger partial charge in [0, 0.05) is 23.9 Å². The Labute approximate surface area is 98.5 Å². The van der Waals surface area contributed by atoms with E-state index >= 15 is 0 Å². The van der Waals surface area contributed by atoms with E-state index in [1.165, 1.54) is 0 Å². The van der Waals surface area contributed by atoms with Gasteiger partial charge in [-0.25, -0.2) is 9.97 Å². The van der Waals surface area contributed by atoms with E-state index in [1.54, 1.807) is 0 Å². The Balaban J connectivity index is 2.97. The van der Waals surface area contributed by atoms with Crippen molar-refractivity contribution in [2.45, 2.75) is 46.5 Å². The van der Waals surface area contributed by atoms with E-state index in [4.69, 9.17) is 5.73 Å². The Morgan fingerprint density at radius 3 is 2.50 bits per heavy atom. The summed E-state index contributed by atoms with van der Waals surface area (Å²) in [6, 6.07) is 2.08. The fourth-order valence-electron chi connectivity index (χ4n) is 1.82. The summed E-state index contributed by atoms with van der Waals surface area (Å²) in [5, 5.41) is 0. The van der Waals surface area contributed by atoms with Crippen LogP contribution in [-0.2, 0) is 6.42 Å². The van der Waals surface area contributed by atoms with Gasteiger partial charge in [0.1, 0.15) is 5.82 Å². The van der Waals surface area contributed by atoms with Crippen LogP contribution in [0.2, 0.25) is 0 Å². The van der Waals surface area contributed by atoms with Gasteiger partial charge in [0.2, 0.25) is 0 Å². The van der Waals surface area contributed by atoms with Crippen molar-refractivity contribution in [2.24, 2.45) is 11.7 Å². The van der Waals surface area contributed by atoms with Crippen molar-refractivity contribution in [3.8, 4) is 0 Å². The van der Waals surface area contributed by atoms with E-state index in [0.717, 1.165) is 30.1 Å². The summed E-state index contributed by atoms with van der Waals surface area (Å²) in [7, 11) is 0. The molecule has 90 valence electrons. The third-order valence-corrected chi connectivity index (χ3v) is 2.68. The third-order valence-electron chi connectivity index (χ3n) is 2.68. The topological polar surface area (TPSA) is 51.8 Å². The summed E-state index contributed by atoms with van der Waals surface area (Å²) in [4.78, 5) is 9.12. The molecule has 0 amide bonds. The molecule has 3 heteroatoms. The van der Waals surface area contributed by atoms with Crippen molar-refractivity contribution < 1.29 is 0 Å². The molecule has 0 bridgehead atoms. The predicted molar refractivity (Wildman–Crippen MR) is 67.4 cm³/mol. The molecule has 0 aromatic carbocycles. The summed E-state index contributed by atoms with van der Waals surface area (Å²) in [6.07, 6.45) is 2.01. The highest BCUT2D eigenvalue weighted by atomic mass is 14.9. The third kappa shape index (κ3) is 3.56. The number of hydrogen-bond acceptors (Lipinski definition) is 3. The van der Waals surface area contributed by atoms with Crippen LogP contribution >= 0.6 is 0 Å².